The number of ether oxygens (including phenoxy) is 1. The van der Waals surface area contributed by atoms with E-state index in [0.29, 0.717) is 17.9 Å². The fourth-order valence-corrected chi connectivity index (χ4v) is 4.73. The van der Waals surface area contributed by atoms with E-state index in [1.165, 1.54) is 0 Å². The summed E-state index contributed by atoms with van der Waals surface area (Å²) in [5.74, 6) is 1.28. The first-order valence-electron chi connectivity index (χ1n) is 7.49. The number of hydrogen-bond acceptors (Lipinski definition) is 4. The first-order valence-corrected chi connectivity index (χ1v) is 10.7. The van der Waals surface area contributed by atoms with Crippen molar-refractivity contribution in [2.45, 2.75) is 24.3 Å². The maximum atomic E-state index is 11.2. The Morgan fingerprint density at radius 2 is 1.54 bits per heavy atom. The van der Waals surface area contributed by atoms with E-state index in [-0.39, 0.29) is 171 Å². The molecule has 142 valence electrons. The van der Waals surface area contributed by atoms with Crippen molar-refractivity contribution < 1.29 is 190 Å². The van der Waals surface area contributed by atoms with E-state index in [9.17, 15) is 13.0 Å². The number of aryl methyl sites for hydroxylation is 1. The second-order valence-corrected chi connectivity index (χ2v) is 9.26. The van der Waals surface area contributed by atoms with Gasteiger partial charge in [-0.1, -0.05) is 30.3 Å². The van der Waals surface area contributed by atoms with Gasteiger partial charge in [0, 0.05) is 0 Å². The van der Waals surface area contributed by atoms with E-state index >= 15 is 0 Å². The third-order valence-electron chi connectivity index (χ3n) is 3.51. The molecule has 0 heterocycles. The van der Waals surface area contributed by atoms with Crippen molar-refractivity contribution in [2.75, 3.05) is 0 Å². The zero-order valence-electron chi connectivity index (χ0n) is 19.2. The number of rotatable bonds is 8. The molecule has 0 fully saturated rings. The molecule has 12 heteroatoms. The van der Waals surface area contributed by atoms with Gasteiger partial charge in [0.2, 0.25) is 0 Å². The van der Waals surface area contributed by atoms with Crippen molar-refractivity contribution >= 4 is 17.7 Å². The van der Waals surface area contributed by atoms with Gasteiger partial charge in [0.15, 0.2) is 4.99 Å². The molecule has 0 aliphatic carbocycles. The molecule has 0 saturated carbocycles. The topological polar surface area (TPSA) is 121 Å². The standard InChI is InChI=1S/C16H19O7PS.3K.3H/c17-24(18,19)16(25(20,21)22)11-5-7-13-6-4-10-15(12-13)23-14-8-2-1-3-9-14;;;;;;/h1-4,6,8-10,12,16H,5,7,11H2,(H2,17,18,19)(H,20,21,22);;;;;;/q;3*+1;3*-1/t16-;;;;;;/m0....../s1. The van der Waals surface area contributed by atoms with Crippen molar-refractivity contribution in [1.29, 1.82) is 0 Å². The Morgan fingerprint density at radius 3 is 2.07 bits per heavy atom. The Labute approximate surface area is 297 Å². The SMILES string of the molecule is O=P(O)(O)[C@H](CCCc1cccc(Oc2ccccc2)c1)S(=O)(=O)O.[H-].[H-].[H-].[K+].[K+].[K+]. The van der Waals surface area contributed by atoms with Gasteiger partial charge in [-0.3, -0.25) is 9.12 Å². The van der Waals surface area contributed by atoms with Crippen LogP contribution in [0.5, 0.6) is 11.5 Å². The Bertz CT molecular complexity index is 874. The predicted molar refractivity (Wildman–Crippen MR) is 96.6 cm³/mol. The molecule has 2 aromatic rings. The summed E-state index contributed by atoms with van der Waals surface area (Å²) in [5, 5.41) is 0. The van der Waals surface area contributed by atoms with Crippen molar-refractivity contribution in [3.05, 3.63) is 60.2 Å². The monoisotopic (exact) mass is 506 g/mol. The molecule has 0 bridgehead atoms. The Hall–Kier alpha value is 3.21. The van der Waals surface area contributed by atoms with Gasteiger partial charge in [-0.25, -0.2) is 0 Å². The fourth-order valence-electron chi connectivity index (χ4n) is 2.36. The number of benzene rings is 2. The van der Waals surface area contributed by atoms with Crippen LogP contribution >= 0.6 is 7.60 Å². The first-order chi connectivity index (χ1) is 11.7. The van der Waals surface area contributed by atoms with Crippen LogP contribution in [0.3, 0.4) is 0 Å². The fraction of sp³-hybridized carbons (Fsp3) is 0.250. The molecule has 0 unspecified atom stereocenters. The number of para-hydroxylation sites is 1. The van der Waals surface area contributed by atoms with Gasteiger partial charge in [-0.15, -0.1) is 0 Å². The molecule has 0 saturated heterocycles. The van der Waals surface area contributed by atoms with Crippen molar-refractivity contribution in [3.63, 3.8) is 0 Å². The summed E-state index contributed by atoms with van der Waals surface area (Å²) in [7, 11) is -9.75. The molecule has 3 N–H and O–H groups in total. The van der Waals surface area contributed by atoms with Gasteiger partial charge >= 0.3 is 162 Å². The minimum Gasteiger partial charge on any atom is -1.00 e. The van der Waals surface area contributed by atoms with Crippen LogP contribution in [0.2, 0.25) is 0 Å². The number of hydrogen-bond donors (Lipinski definition) is 3. The molecule has 2 rings (SSSR count). The third-order valence-corrected chi connectivity index (χ3v) is 7.07. The van der Waals surface area contributed by atoms with Crippen LogP contribution in [-0.2, 0) is 21.1 Å². The maximum Gasteiger partial charge on any atom is 1.00 e. The molecule has 28 heavy (non-hydrogen) atoms. The zero-order valence-corrected chi connectivity index (χ0v) is 27.3. The van der Waals surface area contributed by atoms with Gasteiger partial charge < -0.3 is 18.8 Å². The Kier molecular flexibility index (Phi) is 19.0. The van der Waals surface area contributed by atoms with Gasteiger partial charge in [-0.05, 0) is 49.1 Å². The van der Waals surface area contributed by atoms with E-state index < -0.39 is 22.7 Å². The van der Waals surface area contributed by atoms with Crippen molar-refractivity contribution in [1.82, 2.24) is 0 Å². The summed E-state index contributed by atoms with van der Waals surface area (Å²) in [6.45, 7) is 0. The Balaban J connectivity index is -0.000000376. The largest absolute Gasteiger partial charge is 1.00 e. The zero-order chi connectivity index (χ0) is 18.5. The molecular weight excluding hydrogens is 485 g/mol. The van der Waals surface area contributed by atoms with Crippen LogP contribution < -0.4 is 159 Å². The van der Waals surface area contributed by atoms with E-state index in [0.717, 1.165) is 5.56 Å². The van der Waals surface area contributed by atoms with Gasteiger partial charge in [-0.2, -0.15) is 8.42 Å². The Morgan fingerprint density at radius 1 is 0.964 bits per heavy atom. The smallest absolute Gasteiger partial charge is 1.00 e. The summed E-state index contributed by atoms with van der Waals surface area (Å²) < 4.78 is 48.1. The molecule has 0 aromatic heterocycles. The molecule has 0 amide bonds. The van der Waals surface area contributed by atoms with Crippen LogP contribution in [0.1, 0.15) is 22.7 Å². The van der Waals surface area contributed by atoms with E-state index in [2.05, 4.69) is 0 Å². The molecule has 0 radical (unpaired) electrons. The molecular formula is C16H22K3O7PS. The average molecular weight is 507 g/mol. The first kappa shape index (κ1) is 33.4. The van der Waals surface area contributed by atoms with E-state index in [1.807, 2.05) is 30.3 Å². The van der Waals surface area contributed by atoms with Crippen LogP contribution in [0.25, 0.3) is 0 Å². The van der Waals surface area contributed by atoms with Crippen molar-refractivity contribution in [2.24, 2.45) is 0 Å². The van der Waals surface area contributed by atoms with Crippen LogP contribution in [-0.4, -0.2) is 27.7 Å². The summed E-state index contributed by atoms with van der Waals surface area (Å²) in [6.07, 6.45) is 0.231. The predicted octanol–water partition coefficient (Wildman–Crippen LogP) is -5.46. The van der Waals surface area contributed by atoms with Gasteiger partial charge in [0.1, 0.15) is 11.5 Å². The summed E-state index contributed by atoms with van der Waals surface area (Å²) in [6, 6.07) is 16.3. The van der Waals surface area contributed by atoms with Gasteiger partial charge in [0.25, 0.3) is 10.1 Å². The van der Waals surface area contributed by atoms with Crippen molar-refractivity contribution in [3.8, 4) is 11.5 Å². The molecule has 2 aromatic carbocycles. The van der Waals surface area contributed by atoms with E-state index in [4.69, 9.17) is 19.1 Å². The van der Waals surface area contributed by atoms with Gasteiger partial charge in [0.05, 0.1) is 0 Å². The third kappa shape index (κ3) is 12.4. The quantitative estimate of drug-likeness (QED) is 0.186. The molecule has 1 atom stereocenters. The molecule has 0 aliphatic heterocycles. The normalized spacial score (nSPS) is 12.0. The average Bonchev–Trinajstić information content (AvgIpc) is 2.50. The second kappa shape index (κ2) is 15.9. The summed E-state index contributed by atoms with van der Waals surface area (Å²) in [4.78, 5) is 16.0. The summed E-state index contributed by atoms with van der Waals surface area (Å²) >= 11 is 0. The molecule has 0 spiro atoms. The second-order valence-electron chi connectivity index (χ2n) is 5.51. The van der Waals surface area contributed by atoms with Crippen LogP contribution in [0, 0.1) is 0 Å². The maximum absolute atomic E-state index is 11.2. The summed E-state index contributed by atoms with van der Waals surface area (Å²) in [5.41, 5.74) is 0.827. The van der Waals surface area contributed by atoms with Crippen LogP contribution in [0.15, 0.2) is 54.6 Å². The van der Waals surface area contributed by atoms with Crippen LogP contribution in [0.4, 0.5) is 0 Å². The minimum absolute atomic E-state index is 0. The molecule has 0 aliphatic rings. The minimum atomic E-state index is -4.94. The molecule has 7 nitrogen and oxygen atoms in total. The van der Waals surface area contributed by atoms with E-state index in [1.54, 1.807) is 24.3 Å².